The van der Waals surface area contributed by atoms with Gasteiger partial charge >= 0.3 is 0 Å². The lowest BCUT2D eigenvalue weighted by Gasteiger charge is -2.23. The summed E-state index contributed by atoms with van der Waals surface area (Å²) in [6, 6.07) is 13.1. The summed E-state index contributed by atoms with van der Waals surface area (Å²) in [6.07, 6.45) is 0.847. The Morgan fingerprint density at radius 2 is 1.91 bits per heavy atom. The van der Waals surface area contributed by atoms with Gasteiger partial charge in [0.05, 0.1) is 37.7 Å². The molecule has 1 aliphatic rings. The molecule has 0 spiro atoms. The van der Waals surface area contributed by atoms with E-state index < -0.39 is 0 Å². The summed E-state index contributed by atoms with van der Waals surface area (Å²) < 4.78 is 22.6. The van der Waals surface area contributed by atoms with Gasteiger partial charge in [-0.3, -0.25) is 4.79 Å². The van der Waals surface area contributed by atoms with Crippen LogP contribution in [0, 0.1) is 5.92 Å². The first-order valence-corrected chi connectivity index (χ1v) is 11.8. The number of nitrogens with one attached hydrogen (secondary N) is 1. The van der Waals surface area contributed by atoms with Crippen molar-refractivity contribution in [2.45, 2.75) is 31.5 Å². The Hall–Kier alpha value is -3.20. The molecule has 2 heterocycles. The van der Waals surface area contributed by atoms with E-state index in [4.69, 9.17) is 18.6 Å². The molecule has 8 nitrogen and oxygen atoms in total. The number of thioether (sulfide) groups is 1. The number of carbonyl (C=O) groups is 1. The Morgan fingerprint density at radius 1 is 1.12 bits per heavy atom. The van der Waals surface area contributed by atoms with Gasteiger partial charge in [0.15, 0.2) is 11.5 Å². The molecule has 0 saturated carbocycles. The van der Waals surface area contributed by atoms with Crippen molar-refractivity contribution in [3.05, 3.63) is 48.0 Å². The Kier molecular flexibility index (Phi) is 7.39. The standard InChI is InChI=1S/C24H27N3O5S/c1-15(2)22(16-9-10-19-20(13-16)31-12-6-11-30-19)25-21(28)14-33-24-27-26-23(32-24)17-7-4-5-8-18(17)29-3/h4-5,7-10,13,15,22H,6,11-12,14H2,1-3H3,(H,25,28)/t22-/m1/s1. The SMILES string of the molecule is COc1ccccc1-c1nnc(SCC(=O)N[C@@H](c2ccc3c(c2)OCCCO3)C(C)C)o1. The minimum Gasteiger partial charge on any atom is -0.496 e. The molecule has 9 heteroatoms. The zero-order chi connectivity index (χ0) is 23.2. The van der Waals surface area contributed by atoms with Gasteiger partial charge in [-0.05, 0) is 35.7 Å². The Balaban J connectivity index is 1.39. The fourth-order valence-corrected chi connectivity index (χ4v) is 4.12. The zero-order valence-corrected chi connectivity index (χ0v) is 19.7. The van der Waals surface area contributed by atoms with Crippen LogP contribution in [0.2, 0.25) is 0 Å². The molecule has 0 radical (unpaired) electrons. The Labute approximate surface area is 197 Å². The molecule has 33 heavy (non-hydrogen) atoms. The first-order chi connectivity index (χ1) is 16.0. The number of benzene rings is 2. The van der Waals surface area contributed by atoms with Gasteiger partial charge < -0.3 is 23.9 Å². The fraction of sp³-hybridized carbons (Fsp3) is 0.375. The minimum absolute atomic E-state index is 0.122. The smallest absolute Gasteiger partial charge is 0.277 e. The topological polar surface area (TPSA) is 95.7 Å². The maximum atomic E-state index is 12.7. The average Bonchev–Trinajstić information content (AvgIpc) is 3.18. The summed E-state index contributed by atoms with van der Waals surface area (Å²) in [4.78, 5) is 12.7. The summed E-state index contributed by atoms with van der Waals surface area (Å²) in [5, 5.41) is 11.6. The van der Waals surface area contributed by atoms with Crippen LogP contribution in [0.5, 0.6) is 17.2 Å². The summed E-state index contributed by atoms with van der Waals surface area (Å²) in [7, 11) is 1.59. The van der Waals surface area contributed by atoms with E-state index in [2.05, 4.69) is 29.4 Å². The fourth-order valence-electron chi connectivity index (χ4n) is 3.55. The lowest BCUT2D eigenvalue weighted by atomic mass is 9.95. The number of hydrogen-bond acceptors (Lipinski definition) is 8. The molecule has 4 rings (SSSR count). The Morgan fingerprint density at radius 3 is 2.70 bits per heavy atom. The quantitative estimate of drug-likeness (QED) is 0.482. The van der Waals surface area contributed by atoms with Crippen LogP contribution in [0.3, 0.4) is 0 Å². The van der Waals surface area contributed by atoms with E-state index in [0.29, 0.717) is 41.4 Å². The van der Waals surface area contributed by atoms with Crippen molar-refractivity contribution in [3.8, 4) is 28.7 Å². The monoisotopic (exact) mass is 469 g/mol. The predicted molar refractivity (Wildman–Crippen MR) is 125 cm³/mol. The maximum absolute atomic E-state index is 12.7. The average molecular weight is 470 g/mol. The number of carbonyl (C=O) groups excluding carboxylic acids is 1. The van der Waals surface area contributed by atoms with E-state index in [1.54, 1.807) is 7.11 Å². The molecule has 1 atom stereocenters. The highest BCUT2D eigenvalue weighted by atomic mass is 32.2. The van der Waals surface area contributed by atoms with Crippen LogP contribution in [0.1, 0.15) is 31.9 Å². The number of fused-ring (bicyclic) bond motifs is 1. The summed E-state index contributed by atoms with van der Waals surface area (Å²) >= 11 is 1.19. The predicted octanol–water partition coefficient (Wildman–Crippen LogP) is 4.51. The summed E-state index contributed by atoms with van der Waals surface area (Å²) in [5.41, 5.74) is 1.68. The molecule has 1 aliphatic heterocycles. The zero-order valence-electron chi connectivity index (χ0n) is 18.9. The molecule has 2 aromatic carbocycles. The summed E-state index contributed by atoms with van der Waals surface area (Å²) in [5.74, 6) is 2.67. The third kappa shape index (κ3) is 5.60. The van der Waals surface area contributed by atoms with Crippen LogP contribution in [-0.4, -0.2) is 42.2 Å². The van der Waals surface area contributed by atoms with Gasteiger partial charge in [-0.15, -0.1) is 10.2 Å². The van der Waals surface area contributed by atoms with Gasteiger partial charge in [-0.2, -0.15) is 0 Å². The number of ether oxygens (including phenoxy) is 3. The van der Waals surface area contributed by atoms with Gasteiger partial charge in [0.2, 0.25) is 5.91 Å². The normalized spacial score (nSPS) is 13.9. The van der Waals surface area contributed by atoms with E-state index in [1.807, 2.05) is 42.5 Å². The molecular weight excluding hydrogens is 442 g/mol. The van der Waals surface area contributed by atoms with Gasteiger partial charge in [-0.1, -0.05) is 43.8 Å². The van der Waals surface area contributed by atoms with Crippen molar-refractivity contribution in [3.63, 3.8) is 0 Å². The Bertz CT molecular complexity index is 1100. The second kappa shape index (κ2) is 10.6. The molecule has 0 aliphatic carbocycles. The number of methoxy groups -OCH3 is 1. The highest BCUT2D eigenvalue weighted by Crippen LogP contribution is 2.34. The van der Waals surface area contributed by atoms with E-state index in [9.17, 15) is 4.79 Å². The van der Waals surface area contributed by atoms with E-state index >= 15 is 0 Å². The van der Waals surface area contributed by atoms with Crippen LogP contribution >= 0.6 is 11.8 Å². The van der Waals surface area contributed by atoms with Crippen LogP contribution in [0.15, 0.2) is 52.1 Å². The highest BCUT2D eigenvalue weighted by molar-refractivity contribution is 7.99. The largest absolute Gasteiger partial charge is 0.496 e. The lowest BCUT2D eigenvalue weighted by Crippen LogP contribution is -2.33. The van der Waals surface area contributed by atoms with Crippen molar-refractivity contribution in [2.24, 2.45) is 5.92 Å². The molecule has 174 valence electrons. The van der Waals surface area contributed by atoms with Gasteiger partial charge in [0, 0.05) is 6.42 Å². The van der Waals surface area contributed by atoms with E-state index in [0.717, 1.165) is 17.7 Å². The maximum Gasteiger partial charge on any atom is 0.277 e. The van der Waals surface area contributed by atoms with E-state index in [-0.39, 0.29) is 23.6 Å². The van der Waals surface area contributed by atoms with Crippen molar-refractivity contribution in [1.29, 1.82) is 0 Å². The van der Waals surface area contributed by atoms with Gasteiger partial charge in [-0.25, -0.2) is 0 Å². The molecule has 0 unspecified atom stereocenters. The molecule has 1 N–H and O–H groups in total. The van der Waals surface area contributed by atoms with Crippen molar-refractivity contribution >= 4 is 17.7 Å². The molecule has 0 saturated heterocycles. The second-order valence-electron chi connectivity index (χ2n) is 7.91. The van der Waals surface area contributed by atoms with Crippen molar-refractivity contribution in [2.75, 3.05) is 26.1 Å². The molecule has 1 amide bonds. The van der Waals surface area contributed by atoms with E-state index in [1.165, 1.54) is 11.8 Å². The first kappa shape index (κ1) is 23.0. The van der Waals surface area contributed by atoms with Crippen molar-refractivity contribution < 1.29 is 23.4 Å². The van der Waals surface area contributed by atoms with Crippen LogP contribution in [0.4, 0.5) is 0 Å². The number of rotatable bonds is 8. The third-order valence-electron chi connectivity index (χ3n) is 5.18. The molecular formula is C24H27N3O5S. The van der Waals surface area contributed by atoms with Crippen molar-refractivity contribution in [1.82, 2.24) is 15.5 Å². The number of amides is 1. The number of aromatic nitrogens is 2. The first-order valence-electron chi connectivity index (χ1n) is 10.8. The van der Waals surface area contributed by atoms with Crippen LogP contribution < -0.4 is 19.5 Å². The minimum atomic E-state index is -0.165. The van der Waals surface area contributed by atoms with Gasteiger partial charge in [0.25, 0.3) is 11.1 Å². The molecule has 3 aromatic rings. The lowest BCUT2D eigenvalue weighted by molar-refractivity contribution is -0.119. The number of para-hydroxylation sites is 1. The third-order valence-corrected chi connectivity index (χ3v) is 6.00. The summed E-state index contributed by atoms with van der Waals surface area (Å²) in [6.45, 7) is 5.40. The molecule has 0 fully saturated rings. The molecule has 1 aromatic heterocycles. The highest BCUT2D eigenvalue weighted by Gasteiger charge is 2.22. The van der Waals surface area contributed by atoms with Gasteiger partial charge in [0.1, 0.15) is 5.75 Å². The molecule has 0 bridgehead atoms. The van der Waals surface area contributed by atoms with Crippen LogP contribution in [0.25, 0.3) is 11.5 Å². The number of nitrogens with zero attached hydrogens (tertiary/aromatic N) is 2. The number of hydrogen-bond donors (Lipinski definition) is 1. The second-order valence-corrected chi connectivity index (χ2v) is 8.83. The van der Waals surface area contributed by atoms with Crippen LogP contribution in [-0.2, 0) is 4.79 Å².